The Morgan fingerprint density at radius 1 is 0.839 bits per heavy atom. The highest BCUT2D eigenvalue weighted by atomic mass is 16.6. The molecule has 0 aromatic heterocycles. The summed E-state index contributed by atoms with van der Waals surface area (Å²) in [6, 6.07) is -1.54. The second-order valence-electron chi connectivity index (χ2n) is 9.01. The van der Waals surface area contributed by atoms with Crippen LogP contribution in [0.2, 0.25) is 0 Å². The zero-order chi connectivity index (χ0) is 23.8. The van der Waals surface area contributed by atoms with Crippen molar-refractivity contribution in [2.45, 2.75) is 72.1 Å². The van der Waals surface area contributed by atoms with Crippen molar-refractivity contribution in [1.82, 2.24) is 21.3 Å². The molecule has 0 aromatic carbocycles. The molecule has 176 valence electrons. The van der Waals surface area contributed by atoms with Crippen LogP contribution in [-0.2, 0) is 28.7 Å². The lowest BCUT2D eigenvalue weighted by atomic mass is 9.93. The molecule has 0 saturated carbocycles. The molecule has 4 amide bonds. The molecule has 0 spiro atoms. The van der Waals surface area contributed by atoms with Crippen molar-refractivity contribution in [1.29, 1.82) is 0 Å². The summed E-state index contributed by atoms with van der Waals surface area (Å²) < 4.78 is 5.20. The Hall–Kier alpha value is -2.49. The van der Waals surface area contributed by atoms with Crippen LogP contribution in [0, 0.1) is 11.8 Å². The third kappa shape index (κ3) is 9.91. The zero-order valence-corrected chi connectivity index (χ0v) is 19.3. The van der Waals surface area contributed by atoms with Gasteiger partial charge in [0.05, 0.1) is 25.7 Å². The second-order valence-corrected chi connectivity index (χ2v) is 9.01. The number of carbonyl (C=O) groups is 5. The van der Waals surface area contributed by atoms with Crippen LogP contribution in [0.25, 0.3) is 0 Å². The number of Topliss-reactive ketones (excluding diaryl/α,β-unsaturated/α-hetero) is 1. The van der Waals surface area contributed by atoms with E-state index in [1.165, 1.54) is 6.92 Å². The highest BCUT2D eigenvalue weighted by Gasteiger charge is 2.50. The molecule has 31 heavy (non-hydrogen) atoms. The van der Waals surface area contributed by atoms with E-state index in [0.717, 1.165) is 0 Å². The van der Waals surface area contributed by atoms with Crippen LogP contribution in [-0.4, -0.2) is 66.8 Å². The van der Waals surface area contributed by atoms with Gasteiger partial charge in [0.25, 0.3) is 0 Å². The molecule has 0 aliphatic carbocycles. The van der Waals surface area contributed by atoms with E-state index in [0.29, 0.717) is 19.4 Å². The van der Waals surface area contributed by atoms with Gasteiger partial charge in [0.15, 0.2) is 5.78 Å². The molecular weight excluding hydrogens is 404 g/mol. The predicted molar refractivity (Wildman–Crippen MR) is 114 cm³/mol. The molecule has 1 aliphatic heterocycles. The van der Waals surface area contributed by atoms with Gasteiger partial charge in [-0.25, -0.2) is 0 Å². The molecule has 1 aliphatic rings. The number of hydrogen-bond donors (Lipinski definition) is 4. The number of ketones is 1. The standard InChI is InChI=1S/C21H36N4O6/c1-12(2)7-15(19(29)21(6)11-31-21)24-18(28)10-23-20(30)16(8-13(3)4)25-17(27)9-22-14(5)26/h12-13,15-16H,7-11H2,1-6H3,(H,22,26)(H,23,30)(H,24,28)(H,25,27). The Bertz CT molecular complexity index is 687. The number of ether oxygens (including phenoxy) is 1. The van der Waals surface area contributed by atoms with Crippen molar-refractivity contribution in [3.05, 3.63) is 0 Å². The van der Waals surface area contributed by atoms with E-state index in [9.17, 15) is 24.0 Å². The van der Waals surface area contributed by atoms with Crippen molar-refractivity contribution in [2.75, 3.05) is 19.7 Å². The SMILES string of the molecule is CC(=O)NCC(=O)NC(CC(C)C)C(=O)NCC(=O)NC(CC(C)C)C(=O)C1(C)CO1. The van der Waals surface area contributed by atoms with Crippen LogP contribution in [0.1, 0.15) is 54.4 Å². The van der Waals surface area contributed by atoms with E-state index >= 15 is 0 Å². The lowest BCUT2D eigenvalue weighted by Crippen LogP contribution is -2.53. The van der Waals surface area contributed by atoms with Crippen LogP contribution in [0.4, 0.5) is 0 Å². The fraction of sp³-hybridized carbons (Fsp3) is 0.762. The molecule has 3 atom stereocenters. The van der Waals surface area contributed by atoms with Gasteiger partial charge in [-0.1, -0.05) is 27.7 Å². The van der Waals surface area contributed by atoms with Crippen LogP contribution in [0.3, 0.4) is 0 Å². The predicted octanol–water partition coefficient (Wildman–Crippen LogP) is -0.341. The molecule has 3 unspecified atom stereocenters. The van der Waals surface area contributed by atoms with E-state index in [1.807, 2.05) is 27.7 Å². The van der Waals surface area contributed by atoms with Gasteiger partial charge < -0.3 is 26.0 Å². The van der Waals surface area contributed by atoms with Crippen LogP contribution >= 0.6 is 0 Å². The van der Waals surface area contributed by atoms with E-state index in [1.54, 1.807) is 6.92 Å². The number of nitrogens with one attached hydrogen (secondary N) is 4. The van der Waals surface area contributed by atoms with Gasteiger partial charge in [-0.3, -0.25) is 24.0 Å². The minimum atomic E-state index is -0.851. The average Bonchev–Trinajstić information content (AvgIpc) is 3.40. The first-order valence-corrected chi connectivity index (χ1v) is 10.6. The minimum Gasteiger partial charge on any atom is -0.361 e. The van der Waals surface area contributed by atoms with E-state index in [4.69, 9.17) is 4.74 Å². The maximum Gasteiger partial charge on any atom is 0.243 e. The molecule has 1 saturated heterocycles. The molecule has 1 heterocycles. The summed E-state index contributed by atoms with van der Waals surface area (Å²) in [6.45, 7) is 10.4. The molecule has 4 N–H and O–H groups in total. The van der Waals surface area contributed by atoms with Gasteiger partial charge in [-0.15, -0.1) is 0 Å². The number of amides is 4. The molecular formula is C21H36N4O6. The summed E-state index contributed by atoms with van der Waals surface area (Å²) in [5.74, 6) is -1.75. The molecule has 10 nitrogen and oxygen atoms in total. The maximum atomic E-state index is 12.6. The molecule has 1 fully saturated rings. The molecule has 0 aromatic rings. The topological polar surface area (TPSA) is 146 Å². The third-order valence-corrected chi connectivity index (χ3v) is 4.74. The Kier molecular flexibility index (Phi) is 10.1. The van der Waals surface area contributed by atoms with Gasteiger partial charge in [0, 0.05) is 6.92 Å². The summed E-state index contributed by atoms with van der Waals surface area (Å²) in [7, 11) is 0. The summed E-state index contributed by atoms with van der Waals surface area (Å²) in [5, 5.41) is 10.1. The van der Waals surface area contributed by atoms with Gasteiger partial charge >= 0.3 is 0 Å². The van der Waals surface area contributed by atoms with Crippen LogP contribution < -0.4 is 21.3 Å². The molecule has 0 bridgehead atoms. The van der Waals surface area contributed by atoms with Crippen molar-refractivity contribution in [3.63, 3.8) is 0 Å². The molecule has 10 heteroatoms. The Labute approximate surface area is 183 Å². The normalized spacial score (nSPS) is 19.4. The summed E-state index contributed by atoms with van der Waals surface area (Å²) >= 11 is 0. The van der Waals surface area contributed by atoms with Gasteiger partial charge in [0.1, 0.15) is 11.6 Å². The zero-order valence-electron chi connectivity index (χ0n) is 19.3. The molecule has 1 rings (SSSR count). The highest BCUT2D eigenvalue weighted by molar-refractivity contribution is 5.97. The monoisotopic (exact) mass is 440 g/mol. The van der Waals surface area contributed by atoms with E-state index in [2.05, 4.69) is 21.3 Å². The van der Waals surface area contributed by atoms with Crippen molar-refractivity contribution in [3.8, 4) is 0 Å². The van der Waals surface area contributed by atoms with Crippen molar-refractivity contribution in [2.24, 2.45) is 11.8 Å². The first-order valence-electron chi connectivity index (χ1n) is 10.6. The number of epoxide rings is 1. The largest absolute Gasteiger partial charge is 0.361 e. The van der Waals surface area contributed by atoms with E-state index in [-0.39, 0.29) is 36.6 Å². The van der Waals surface area contributed by atoms with Crippen LogP contribution in [0.15, 0.2) is 0 Å². The Morgan fingerprint density at radius 2 is 1.29 bits per heavy atom. The molecule has 0 radical (unpaired) electrons. The average molecular weight is 441 g/mol. The number of hydrogen-bond acceptors (Lipinski definition) is 6. The number of rotatable bonds is 13. The summed E-state index contributed by atoms with van der Waals surface area (Å²) in [4.78, 5) is 60.4. The summed E-state index contributed by atoms with van der Waals surface area (Å²) in [5.41, 5.74) is -0.851. The third-order valence-electron chi connectivity index (χ3n) is 4.74. The number of carbonyl (C=O) groups excluding carboxylic acids is 5. The summed E-state index contributed by atoms with van der Waals surface area (Å²) in [6.07, 6.45) is 0.829. The van der Waals surface area contributed by atoms with Gasteiger partial charge in [-0.05, 0) is 31.6 Å². The first-order chi connectivity index (χ1) is 14.3. The Balaban J connectivity index is 2.63. The first kappa shape index (κ1) is 26.5. The second kappa shape index (κ2) is 11.8. The maximum absolute atomic E-state index is 12.6. The van der Waals surface area contributed by atoms with Gasteiger partial charge in [-0.2, -0.15) is 0 Å². The van der Waals surface area contributed by atoms with Gasteiger partial charge in [0.2, 0.25) is 23.6 Å². The van der Waals surface area contributed by atoms with E-state index < -0.39 is 35.4 Å². The highest BCUT2D eigenvalue weighted by Crippen LogP contribution is 2.29. The lowest BCUT2D eigenvalue weighted by Gasteiger charge is -2.22. The van der Waals surface area contributed by atoms with Crippen molar-refractivity contribution < 1.29 is 28.7 Å². The van der Waals surface area contributed by atoms with Crippen molar-refractivity contribution >= 4 is 29.4 Å². The minimum absolute atomic E-state index is 0.109. The quantitative estimate of drug-likeness (QED) is 0.288. The van der Waals surface area contributed by atoms with Crippen LogP contribution in [0.5, 0.6) is 0 Å². The fourth-order valence-corrected chi connectivity index (χ4v) is 3.01. The Morgan fingerprint density at radius 3 is 1.74 bits per heavy atom. The fourth-order valence-electron chi connectivity index (χ4n) is 3.01. The lowest BCUT2D eigenvalue weighted by molar-refractivity contribution is -0.132. The smallest absolute Gasteiger partial charge is 0.243 e.